The molecule has 0 aliphatic heterocycles. The first-order valence-electron chi connectivity index (χ1n) is 7.27. The lowest BCUT2D eigenvalue weighted by atomic mass is 10.2. The Morgan fingerprint density at radius 3 is 2.09 bits per heavy atom. The summed E-state index contributed by atoms with van der Waals surface area (Å²) in [5.74, 6) is 1.19. The average molecular weight is 311 g/mol. The summed E-state index contributed by atoms with van der Waals surface area (Å²) in [6, 6.07) is 15.3. The zero-order valence-corrected chi connectivity index (χ0v) is 12.8. The fourth-order valence-electron chi connectivity index (χ4n) is 1.75. The molecular formula is C18H17NO4. The Morgan fingerprint density at radius 1 is 0.957 bits per heavy atom. The van der Waals surface area contributed by atoms with E-state index in [1.54, 1.807) is 48.5 Å². The highest BCUT2D eigenvalue weighted by Gasteiger charge is 2.06. The molecule has 0 aliphatic carbocycles. The zero-order chi connectivity index (χ0) is 16.5. The van der Waals surface area contributed by atoms with Crippen molar-refractivity contribution in [1.82, 2.24) is 0 Å². The van der Waals surface area contributed by atoms with Gasteiger partial charge in [-0.2, -0.15) is 5.26 Å². The van der Waals surface area contributed by atoms with Gasteiger partial charge in [-0.15, -0.1) is 0 Å². The SMILES string of the molecule is CCCOc1ccc(OCC(=O)Oc2ccc(C#N)cc2)cc1. The number of esters is 1. The molecule has 0 spiro atoms. The van der Waals surface area contributed by atoms with Gasteiger partial charge in [0, 0.05) is 0 Å². The molecule has 0 aromatic heterocycles. The molecule has 0 amide bonds. The van der Waals surface area contributed by atoms with Gasteiger partial charge in [0.2, 0.25) is 0 Å². The largest absolute Gasteiger partial charge is 0.494 e. The molecule has 0 N–H and O–H groups in total. The fraction of sp³-hybridized carbons (Fsp3) is 0.222. The lowest BCUT2D eigenvalue weighted by molar-refractivity contribution is -0.136. The number of hydrogen-bond donors (Lipinski definition) is 0. The number of benzene rings is 2. The molecule has 0 saturated heterocycles. The second kappa shape index (κ2) is 8.44. The third kappa shape index (κ3) is 5.36. The van der Waals surface area contributed by atoms with Crippen LogP contribution in [0.2, 0.25) is 0 Å². The Labute approximate surface area is 135 Å². The second-order valence-electron chi connectivity index (χ2n) is 4.72. The van der Waals surface area contributed by atoms with Gasteiger partial charge in [0.05, 0.1) is 18.2 Å². The van der Waals surface area contributed by atoms with Crippen molar-refractivity contribution in [3.8, 4) is 23.3 Å². The summed E-state index contributed by atoms with van der Waals surface area (Å²) < 4.78 is 15.9. The molecule has 118 valence electrons. The molecule has 0 aliphatic rings. The quantitative estimate of drug-likeness (QED) is 0.579. The van der Waals surface area contributed by atoms with Gasteiger partial charge in [0.1, 0.15) is 17.2 Å². The minimum Gasteiger partial charge on any atom is -0.494 e. The first-order chi connectivity index (χ1) is 11.2. The maximum atomic E-state index is 11.7. The van der Waals surface area contributed by atoms with Crippen LogP contribution in [0.1, 0.15) is 18.9 Å². The second-order valence-corrected chi connectivity index (χ2v) is 4.72. The van der Waals surface area contributed by atoms with Crippen molar-refractivity contribution in [2.45, 2.75) is 13.3 Å². The molecule has 5 heteroatoms. The van der Waals surface area contributed by atoms with Gasteiger partial charge in [-0.05, 0) is 55.0 Å². The fourth-order valence-corrected chi connectivity index (χ4v) is 1.75. The summed E-state index contributed by atoms with van der Waals surface area (Å²) in [6.07, 6.45) is 0.944. The average Bonchev–Trinajstić information content (AvgIpc) is 2.59. The molecule has 2 aromatic carbocycles. The predicted molar refractivity (Wildman–Crippen MR) is 84.5 cm³/mol. The van der Waals surface area contributed by atoms with Crippen LogP contribution in [0.3, 0.4) is 0 Å². The van der Waals surface area contributed by atoms with Crippen molar-refractivity contribution in [3.63, 3.8) is 0 Å². The number of rotatable bonds is 7. The topological polar surface area (TPSA) is 68.6 Å². The van der Waals surface area contributed by atoms with Gasteiger partial charge < -0.3 is 14.2 Å². The molecule has 0 saturated carbocycles. The number of nitrogens with zero attached hydrogens (tertiary/aromatic N) is 1. The molecule has 5 nitrogen and oxygen atoms in total. The van der Waals surface area contributed by atoms with E-state index in [-0.39, 0.29) is 6.61 Å². The number of carbonyl (C=O) groups excluding carboxylic acids is 1. The Morgan fingerprint density at radius 2 is 1.52 bits per heavy atom. The molecule has 0 atom stereocenters. The molecule has 0 unspecified atom stereocenters. The first-order valence-corrected chi connectivity index (χ1v) is 7.27. The third-order valence-corrected chi connectivity index (χ3v) is 2.87. The van der Waals surface area contributed by atoms with Gasteiger partial charge in [-0.25, -0.2) is 4.79 Å². The zero-order valence-electron chi connectivity index (χ0n) is 12.8. The molecule has 2 aromatic rings. The number of nitriles is 1. The van der Waals surface area contributed by atoms with Crippen LogP contribution in [-0.4, -0.2) is 19.2 Å². The van der Waals surface area contributed by atoms with Crippen LogP contribution < -0.4 is 14.2 Å². The molecule has 0 heterocycles. The monoisotopic (exact) mass is 311 g/mol. The van der Waals surface area contributed by atoms with Crippen molar-refractivity contribution in [3.05, 3.63) is 54.1 Å². The third-order valence-electron chi connectivity index (χ3n) is 2.87. The summed E-state index contributed by atoms with van der Waals surface area (Å²) in [5, 5.41) is 8.70. The highest BCUT2D eigenvalue weighted by Crippen LogP contribution is 2.18. The minimum absolute atomic E-state index is 0.199. The maximum absolute atomic E-state index is 11.7. The van der Waals surface area contributed by atoms with Gasteiger partial charge in [-0.3, -0.25) is 0 Å². The van der Waals surface area contributed by atoms with E-state index in [1.165, 1.54) is 0 Å². The normalized spacial score (nSPS) is 9.74. The number of ether oxygens (including phenoxy) is 3. The van der Waals surface area contributed by atoms with Gasteiger partial charge in [0.15, 0.2) is 6.61 Å². The van der Waals surface area contributed by atoms with E-state index in [0.29, 0.717) is 23.7 Å². The predicted octanol–water partition coefficient (Wildman–Crippen LogP) is 3.33. The summed E-state index contributed by atoms with van der Waals surface area (Å²) in [6.45, 7) is 2.50. The van der Waals surface area contributed by atoms with Crippen molar-refractivity contribution >= 4 is 5.97 Å². The number of carbonyl (C=O) groups is 1. The molecule has 2 rings (SSSR count). The lowest BCUT2D eigenvalue weighted by Gasteiger charge is -2.08. The van der Waals surface area contributed by atoms with Crippen LogP contribution in [-0.2, 0) is 4.79 Å². The van der Waals surface area contributed by atoms with E-state index in [2.05, 4.69) is 0 Å². The van der Waals surface area contributed by atoms with Gasteiger partial charge >= 0.3 is 5.97 Å². The summed E-state index contributed by atoms with van der Waals surface area (Å²) >= 11 is 0. The van der Waals surface area contributed by atoms with Crippen LogP contribution in [0, 0.1) is 11.3 Å². The smallest absolute Gasteiger partial charge is 0.349 e. The summed E-state index contributed by atoms with van der Waals surface area (Å²) in [4.78, 5) is 11.7. The molecular weight excluding hydrogens is 294 g/mol. The van der Waals surface area contributed by atoms with E-state index in [1.807, 2.05) is 13.0 Å². The van der Waals surface area contributed by atoms with Crippen LogP contribution in [0.5, 0.6) is 17.2 Å². The lowest BCUT2D eigenvalue weighted by Crippen LogP contribution is -2.17. The summed E-state index contributed by atoms with van der Waals surface area (Å²) in [5.41, 5.74) is 0.506. The Balaban J connectivity index is 1.80. The highest BCUT2D eigenvalue weighted by atomic mass is 16.6. The van der Waals surface area contributed by atoms with Crippen LogP contribution >= 0.6 is 0 Å². The van der Waals surface area contributed by atoms with Crippen LogP contribution in [0.25, 0.3) is 0 Å². The van der Waals surface area contributed by atoms with E-state index in [0.717, 1.165) is 12.2 Å². The van der Waals surface area contributed by atoms with Crippen molar-refractivity contribution < 1.29 is 19.0 Å². The highest BCUT2D eigenvalue weighted by molar-refractivity contribution is 5.74. The van der Waals surface area contributed by atoms with Crippen LogP contribution in [0.15, 0.2) is 48.5 Å². The Kier molecular flexibility index (Phi) is 6.01. The first kappa shape index (κ1) is 16.4. The van der Waals surface area contributed by atoms with Gasteiger partial charge in [-0.1, -0.05) is 6.92 Å². The van der Waals surface area contributed by atoms with Gasteiger partial charge in [0.25, 0.3) is 0 Å². The van der Waals surface area contributed by atoms with Crippen molar-refractivity contribution in [1.29, 1.82) is 5.26 Å². The number of hydrogen-bond acceptors (Lipinski definition) is 5. The van der Waals surface area contributed by atoms with Crippen molar-refractivity contribution in [2.24, 2.45) is 0 Å². The standard InChI is InChI=1S/C18H17NO4/c1-2-11-21-15-7-9-16(10-8-15)22-13-18(20)23-17-5-3-14(12-19)4-6-17/h3-10H,2,11,13H2,1H3. The molecule has 0 radical (unpaired) electrons. The van der Waals surface area contributed by atoms with E-state index < -0.39 is 5.97 Å². The Bertz CT molecular complexity index is 672. The summed E-state index contributed by atoms with van der Waals surface area (Å²) in [7, 11) is 0. The van der Waals surface area contributed by atoms with Crippen molar-refractivity contribution in [2.75, 3.05) is 13.2 Å². The van der Waals surface area contributed by atoms with E-state index >= 15 is 0 Å². The molecule has 0 bridgehead atoms. The van der Waals surface area contributed by atoms with E-state index in [9.17, 15) is 4.79 Å². The molecule has 23 heavy (non-hydrogen) atoms. The minimum atomic E-state index is -0.513. The maximum Gasteiger partial charge on any atom is 0.349 e. The van der Waals surface area contributed by atoms with Crippen LogP contribution in [0.4, 0.5) is 0 Å². The van der Waals surface area contributed by atoms with E-state index in [4.69, 9.17) is 19.5 Å². The Hall–Kier alpha value is -3.00. The molecule has 0 fully saturated rings.